The fourth-order valence-corrected chi connectivity index (χ4v) is 3.40. The van der Waals surface area contributed by atoms with E-state index in [-0.39, 0.29) is 6.54 Å². The first kappa shape index (κ1) is 31.7. The zero-order valence-corrected chi connectivity index (χ0v) is 20.3. The van der Waals surface area contributed by atoms with Crippen LogP contribution in [-0.4, -0.2) is 50.3 Å². The number of hydrogen-bond acceptors (Lipinski definition) is 3. The highest BCUT2D eigenvalue weighted by Crippen LogP contribution is 2.25. The minimum atomic E-state index is -4.64. The molecule has 0 aliphatic carbocycles. The molecular weight excluding hydrogens is 405 g/mol. The van der Waals surface area contributed by atoms with Crippen molar-refractivity contribution in [3.8, 4) is 0 Å². The summed E-state index contributed by atoms with van der Waals surface area (Å²) in [5.41, 5.74) is 0. The van der Waals surface area contributed by atoms with Crippen LogP contribution in [0.25, 0.3) is 0 Å². The van der Waals surface area contributed by atoms with E-state index in [9.17, 15) is 4.79 Å². The average molecular weight is 454 g/mol. The van der Waals surface area contributed by atoms with Gasteiger partial charge in [0, 0.05) is 0 Å². The monoisotopic (exact) mass is 453 g/mol. The van der Waals surface area contributed by atoms with Crippen LogP contribution >= 0.6 is 7.82 Å². The van der Waals surface area contributed by atoms with E-state index in [0.717, 1.165) is 25.9 Å². The molecule has 0 aromatic carbocycles. The van der Waals surface area contributed by atoms with Gasteiger partial charge in [0.15, 0.2) is 0 Å². The minimum Gasteiger partial charge on any atom is -0.480 e. The summed E-state index contributed by atoms with van der Waals surface area (Å²) >= 11 is 0. The molecule has 0 heterocycles. The third-order valence-corrected chi connectivity index (χ3v) is 5.01. The van der Waals surface area contributed by atoms with Crippen molar-refractivity contribution in [1.29, 1.82) is 0 Å². The van der Waals surface area contributed by atoms with Crippen LogP contribution in [-0.2, 0) is 9.36 Å². The molecule has 0 fully saturated rings. The van der Waals surface area contributed by atoms with Crippen LogP contribution in [0, 0.1) is 0 Å². The molecule has 30 heavy (non-hydrogen) atoms. The van der Waals surface area contributed by atoms with Crippen molar-refractivity contribution in [3.63, 3.8) is 0 Å². The van der Waals surface area contributed by atoms with E-state index < -0.39 is 13.8 Å². The fourth-order valence-electron chi connectivity index (χ4n) is 3.40. The van der Waals surface area contributed by atoms with Gasteiger partial charge in [-0.15, -0.1) is 0 Å². The number of carbonyl (C=O) groups is 1. The number of unbranched alkanes of at least 4 members (excludes halogenated alkanes) is 14. The molecule has 4 N–H and O–H groups in total. The molecule has 0 aliphatic heterocycles. The van der Waals surface area contributed by atoms with Crippen LogP contribution < -0.4 is 0 Å². The van der Waals surface area contributed by atoms with E-state index >= 15 is 0 Å². The van der Waals surface area contributed by atoms with Gasteiger partial charge < -0.3 is 19.8 Å². The van der Waals surface area contributed by atoms with Gasteiger partial charge in [-0.3, -0.25) is 9.69 Å². The van der Waals surface area contributed by atoms with Gasteiger partial charge in [0.05, 0.1) is 6.54 Å². The molecule has 0 bridgehead atoms. The predicted molar refractivity (Wildman–Crippen MR) is 124 cm³/mol. The second kappa shape index (κ2) is 23.2. The van der Waals surface area contributed by atoms with Crippen molar-refractivity contribution < 1.29 is 29.1 Å². The quantitative estimate of drug-likeness (QED) is 0.137. The van der Waals surface area contributed by atoms with E-state index in [1.807, 2.05) is 0 Å². The Morgan fingerprint density at radius 3 is 1.17 bits per heavy atom. The number of carboxylic acids is 1. The van der Waals surface area contributed by atoms with E-state index in [0.29, 0.717) is 0 Å². The smallest absolute Gasteiger partial charge is 0.466 e. The van der Waals surface area contributed by atoms with Gasteiger partial charge in [-0.2, -0.15) is 0 Å². The lowest BCUT2D eigenvalue weighted by molar-refractivity contribution is -0.138. The third kappa shape index (κ3) is 35.0. The first-order chi connectivity index (χ1) is 14.2. The molecule has 0 rings (SSSR count). The van der Waals surface area contributed by atoms with E-state index in [1.54, 1.807) is 0 Å². The molecule has 0 aromatic rings. The van der Waals surface area contributed by atoms with Crippen LogP contribution in [0.5, 0.6) is 0 Å². The first-order valence-corrected chi connectivity index (χ1v) is 13.5. The number of rotatable bonds is 20. The van der Waals surface area contributed by atoms with Crippen LogP contribution in [0.1, 0.15) is 117 Å². The van der Waals surface area contributed by atoms with E-state index in [4.69, 9.17) is 24.4 Å². The zero-order chi connectivity index (χ0) is 23.1. The van der Waals surface area contributed by atoms with Gasteiger partial charge in [0.2, 0.25) is 0 Å². The third-order valence-electron chi connectivity index (χ3n) is 5.01. The van der Waals surface area contributed by atoms with Gasteiger partial charge in [0.1, 0.15) is 0 Å². The van der Waals surface area contributed by atoms with Crippen LogP contribution in [0.15, 0.2) is 0 Å². The summed E-state index contributed by atoms with van der Waals surface area (Å²) in [6, 6.07) is 0. The van der Waals surface area contributed by atoms with Crippen molar-refractivity contribution in [1.82, 2.24) is 4.90 Å². The maximum atomic E-state index is 11.0. The summed E-state index contributed by atoms with van der Waals surface area (Å²) in [5.74, 6) is -0.681. The second-order valence-corrected chi connectivity index (χ2v) is 9.16. The van der Waals surface area contributed by atoms with Crippen LogP contribution in [0.3, 0.4) is 0 Å². The Morgan fingerprint density at radius 2 is 0.900 bits per heavy atom. The number of phosphoric acid groups is 1. The molecule has 0 saturated carbocycles. The SMILES string of the molecule is CCCCCCCCCCN(CCCCCCCCCC)CC(=O)O.O=P(O)(O)O. The van der Waals surface area contributed by atoms with E-state index in [2.05, 4.69) is 18.7 Å². The summed E-state index contributed by atoms with van der Waals surface area (Å²) in [4.78, 5) is 34.8. The standard InChI is InChI=1S/C22H45NO2.H3O4P/c1-3-5-7-9-11-13-15-17-19-23(21-22(24)25)20-18-16-14-12-10-8-6-4-2;1-5(2,3)4/h3-21H2,1-2H3,(H,24,25);(H3,1,2,3,4). The Morgan fingerprint density at radius 1 is 0.633 bits per heavy atom. The van der Waals surface area contributed by atoms with Gasteiger partial charge in [-0.05, 0) is 25.9 Å². The Bertz CT molecular complexity index is 388. The fraction of sp³-hybridized carbons (Fsp3) is 0.955. The van der Waals surface area contributed by atoms with Crippen molar-refractivity contribution in [2.75, 3.05) is 19.6 Å². The highest BCUT2D eigenvalue weighted by atomic mass is 31.2. The van der Waals surface area contributed by atoms with Crippen LogP contribution in [0.4, 0.5) is 0 Å². The maximum absolute atomic E-state index is 11.0. The molecule has 0 atom stereocenters. The van der Waals surface area contributed by atoms with Crippen molar-refractivity contribution in [2.45, 2.75) is 117 Å². The lowest BCUT2D eigenvalue weighted by atomic mass is 10.1. The lowest BCUT2D eigenvalue weighted by Crippen LogP contribution is -2.31. The molecule has 0 radical (unpaired) electrons. The summed E-state index contributed by atoms with van der Waals surface area (Å²) in [7, 11) is -4.64. The van der Waals surface area contributed by atoms with Crippen molar-refractivity contribution >= 4 is 13.8 Å². The van der Waals surface area contributed by atoms with Crippen molar-refractivity contribution in [2.24, 2.45) is 0 Å². The van der Waals surface area contributed by atoms with Gasteiger partial charge in [-0.1, -0.05) is 104 Å². The second-order valence-electron chi connectivity index (χ2n) is 8.13. The molecule has 0 aromatic heterocycles. The number of aliphatic carboxylic acids is 1. The Labute approximate surface area is 184 Å². The summed E-state index contributed by atoms with van der Waals surface area (Å²) < 4.78 is 8.88. The predicted octanol–water partition coefficient (Wildman–Crippen LogP) is 5.73. The largest absolute Gasteiger partial charge is 0.480 e. The Hall–Kier alpha value is -0.460. The normalized spacial score (nSPS) is 11.4. The molecule has 7 nitrogen and oxygen atoms in total. The number of hydrogen-bond donors (Lipinski definition) is 4. The van der Waals surface area contributed by atoms with Gasteiger partial charge in [-0.25, -0.2) is 4.57 Å². The molecule has 0 saturated heterocycles. The molecule has 0 unspecified atom stereocenters. The number of nitrogens with zero attached hydrogens (tertiary/aromatic N) is 1. The maximum Gasteiger partial charge on any atom is 0.466 e. The Kier molecular flexibility index (Phi) is 24.5. The van der Waals surface area contributed by atoms with Gasteiger partial charge in [0.25, 0.3) is 0 Å². The highest BCUT2D eigenvalue weighted by Gasteiger charge is 2.09. The van der Waals surface area contributed by atoms with Gasteiger partial charge >= 0.3 is 13.8 Å². The Balaban J connectivity index is 0. The molecule has 0 amide bonds. The summed E-state index contributed by atoms with van der Waals surface area (Å²) in [6.45, 7) is 6.63. The van der Waals surface area contributed by atoms with Crippen molar-refractivity contribution in [3.05, 3.63) is 0 Å². The molecule has 0 spiro atoms. The molecule has 0 aliphatic rings. The molecular formula is C22H48NO6P. The molecule has 182 valence electrons. The average Bonchev–Trinajstić information content (AvgIpc) is 2.64. The summed E-state index contributed by atoms with van der Waals surface area (Å²) in [5, 5.41) is 9.09. The first-order valence-electron chi connectivity index (χ1n) is 11.9. The van der Waals surface area contributed by atoms with E-state index in [1.165, 1.54) is 89.9 Å². The number of carboxylic acid groups (broad SMARTS) is 1. The zero-order valence-electron chi connectivity index (χ0n) is 19.4. The lowest BCUT2D eigenvalue weighted by Gasteiger charge is -2.20. The highest BCUT2D eigenvalue weighted by molar-refractivity contribution is 7.45. The van der Waals surface area contributed by atoms with Crippen LogP contribution in [0.2, 0.25) is 0 Å². The summed E-state index contributed by atoms with van der Waals surface area (Å²) in [6.07, 6.45) is 20.9. The topological polar surface area (TPSA) is 118 Å². The molecule has 8 heteroatoms. The minimum absolute atomic E-state index is 0.215.